The Morgan fingerprint density at radius 2 is 2.13 bits per heavy atom. The van der Waals surface area contributed by atoms with Crippen molar-refractivity contribution < 1.29 is 13.2 Å². The first-order valence-electron chi connectivity index (χ1n) is 8.39. The topological polar surface area (TPSA) is 66.5 Å². The maximum Gasteiger partial charge on any atom is 0.240 e. The molecule has 1 amide bonds. The zero-order valence-electron chi connectivity index (χ0n) is 13.7. The maximum absolute atomic E-state index is 12.5. The molecule has 0 radical (unpaired) electrons. The van der Waals surface area contributed by atoms with E-state index in [1.165, 1.54) is 0 Å². The first kappa shape index (κ1) is 16.5. The van der Waals surface area contributed by atoms with E-state index < -0.39 is 10.0 Å². The van der Waals surface area contributed by atoms with Gasteiger partial charge < -0.3 is 4.90 Å². The smallest absolute Gasteiger partial charge is 0.240 e. The van der Waals surface area contributed by atoms with Crippen molar-refractivity contribution in [3.63, 3.8) is 0 Å². The number of carbonyl (C=O) groups is 1. The molecule has 1 saturated carbocycles. The second-order valence-electron chi connectivity index (χ2n) is 6.62. The molecule has 0 spiro atoms. The van der Waals surface area contributed by atoms with Crippen LogP contribution < -0.4 is 9.62 Å². The van der Waals surface area contributed by atoms with Crippen LogP contribution in [0, 0.1) is 5.92 Å². The molecule has 5 nitrogen and oxygen atoms in total. The van der Waals surface area contributed by atoms with Crippen LogP contribution >= 0.6 is 0 Å². The van der Waals surface area contributed by atoms with Gasteiger partial charge in [-0.05, 0) is 56.4 Å². The summed E-state index contributed by atoms with van der Waals surface area (Å²) in [5, 5.41) is 0. The van der Waals surface area contributed by atoms with Crippen molar-refractivity contribution in [1.82, 2.24) is 4.72 Å². The molecule has 1 heterocycles. The summed E-state index contributed by atoms with van der Waals surface area (Å²) in [7, 11) is -3.50. The normalized spacial score (nSPS) is 18.8. The number of carbonyl (C=O) groups excluding carboxylic acids is 1. The molecule has 23 heavy (non-hydrogen) atoms. The molecule has 1 aromatic rings. The summed E-state index contributed by atoms with van der Waals surface area (Å²) < 4.78 is 27.6. The Labute approximate surface area is 138 Å². The average molecular weight is 336 g/mol. The zero-order chi connectivity index (χ0) is 16.6. The minimum absolute atomic E-state index is 0.0776. The molecule has 0 saturated heterocycles. The fourth-order valence-electron chi connectivity index (χ4n) is 3.15. The third-order valence-electron chi connectivity index (χ3n) is 4.53. The first-order valence-corrected chi connectivity index (χ1v) is 9.87. The van der Waals surface area contributed by atoms with Crippen molar-refractivity contribution in [2.24, 2.45) is 5.92 Å². The van der Waals surface area contributed by atoms with Crippen LogP contribution in [0.5, 0.6) is 0 Å². The zero-order valence-corrected chi connectivity index (χ0v) is 14.5. The number of hydrogen-bond acceptors (Lipinski definition) is 3. The highest BCUT2D eigenvalue weighted by Crippen LogP contribution is 2.37. The Morgan fingerprint density at radius 3 is 2.78 bits per heavy atom. The van der Waals surface area contributed by atoms with Gasteiger partial charge in [0.2, 0.25) is 15.9 Å². The maximum atomic E-state index is 12.5. The van der Waals surface area contributed by atoms with E-state index in [1.54, 1.807) is 18.2 Å². The molecule has 1 aliphatic heterocycles. The minimum atomic E-state index is -3.50. The molecule has 6 heteroatoms. The highest BCUT2D eigenvalue weighted by molar-refractivity contribution is 7.89. The second kappa shape index (κ2) is 6.24. The number of rotatable bonds is 6. The van der Waals surface area contributed by atoms with E-state index in [1.807, 2.05) is 18.7 Å². The van der Waals surface area contributed by atoms with Crippen LogP contribution in [0.4, 0.5) is 5.69 Å². The van der Waals surface area contributed by atoms with Gasteiger partial charge >= 0.3 is 0 Å². The highest BCUT2D eigenvalue weighted by atomic mass is 32.2. The molecule has 1 aliphatic carbocycles. The van der Waals surface area contributed by atoms with Gasteiger partial charge in [0, 0.05) is 24.2 Å². The van der Waals surface area contributed by atoms with Gasteiger partial charge in [0.1, 0.15) is 0 Å². The van der Waals surface area contributed by atoms with Crippen LogP contribution in [0.3, 0.4) is 0 Å². The highest BCUT2D eigenvalue weighted by Gasteiger charge is 2.36. The van der Waals surface area contributed by atoms with Gasteiger partial charge in [0.25, 0.3) is 0 Å². The molecule has 126 valence electrons. The van der Waals surface area contributed by atoms with Crippen molar-refractivity contribution in [2.45, 2.75) is 56.9 Å². The van der Waals surface area contributed by atoms with Crippen LogP contribution in [0.1, 0.15) is 45.1 Å². The molecular weight excluding hydrogens is 312 g/mol. The van der Waals surface area contributed by atoms with Crippen LogP contribution in [0.15, 0.2) is 23.1 Å². The summed E-state index contributed by atoms with van der Waals surface area (Å²) in [6.45, 7) is 4.57. The van der Waals surface area contributed by atoms with E-state index in [-0.39, 0.29) is 17.9 Å². The predicted octanol–water partition coefficient (Wildman–Crippen LogP) is 2.45. The molecule has 1 N–H and O–H groups in total. The average Bonchev–Trinajstić information content (AvgIpc) is 3.25. The summed E-state index contributed by atoms with van der Waals surface area (Å²) >= 11 is 0. The summed E-state index contributed by atoms with van der Waals surface area (Å²) in [6.07, 6.45) is 4.44. The monoisotopic (exact) mass is 336 g/mol. The van der Waals surface area contributed by atoms with Gasteiger partial charge in [-0.2, -0.15) is 0 Å². The fourth-order valence-corrected chi connectivity index (χ4v) is 4.48. The van der Waals surface area contributed by atoms with E-state index in [9.17, 15) is 13.2 Å². The Balaban J connectivity index is 1.80. The molecule has 1 atom stereocenters. The summed E-state index contributed by atoms with van der Waals surface area (Å²) in [5.41, 5.74) is 1.83. The molecule has 0 bridgehead atoms. The van der Waals surface area contributed by atoms with Crippen molar-refractivity contribution >= 4 is 21.6 Å². The quantitative estimate of drug-likeness (QED) is 0.868. The molecule has 1 fully saturated rings. The molecule has 2 aliphatic rings. The van der Waals surface area contributed by atoms with E-state index in [4.69, 9.17) is 0 Å². The van der Waals surface area contributed by atoms with Gasteiger partial charge in [0.05, 0.1) is 4.90 Å². The molecular formula is C17H24N2O3S. The number of sulfonamides is 1. The molecule has 0 aromatic heterocycles. The molecule has 3 rings (SSSR count). The fraction of sp³-hybridized carbons (Fsp3) is 0.588. The lowest BCUT2D eigenvalue weighted by Gasteiger charge is -2.18. The van der Waals surface area contributed by atoms with Crippen LogP contribution in [-0.2, 0) is 21.2 Å². The number of benzene rings is 1. The van der Waals surface area contributed by atoms with Gasteiger partial charge in [-0.3, -0.25) is 4.79 Å². The summed E-state index contributed by atoms with van der Waals surface area (Å²) in [6, 6.07) is 5.03. The van der Waals surface area contributed by atoms with Crippen LogP contribution in [0.2, 0.25) is 0 Å². The Bertz CT molecular complexity index is 711. The second-order valence-corrected chi connectivity index (χ2v) is 8.33. The van der Waals surface area contributed by atoms with Gasteiger partial charge in [-0.25, -0.2) is 13.1 Å². The lowest BCUT2D eigenvalue weighted by molar-refractivity contribution is -0.119. The summed E-state index contributed by atoms with van der Waals surface area (Å²) in [4.78, 5) is 14.4. The van der Waals surface area contributed by atoms with Gasteiger partial charge in [-0.15, -0.1) is 0 Å². The third kappa shape index (κ3) is 3.43. The first-order chi connectivity index (χ1) is 10.9. The standard InChI is InChI=1S/C17H24N2O3S/c1-3-4-12(2)18-23(21,22)15-7-8-16-14(11-15)9-10-19(16)17(20)13-5-6-13/h7-8,11-13,18H,3-6,9-10H2,1-2H3/t12-/m0/s1. The number of amides is 1. The lowest BCUT2D eigenvalue weighted by atomic mass is 10.2. The molecule has 0 unspecified atom stereocenters. The molecule has 1 aromatic carbocycles. The third-order valence-corrected chi connectivity index (χ3v) is 6.11. The summed E-state index contributed by atoms with van der Waals surface area (Å²) in [5.74, 6) is 0.370. The number of hydrogen-bond donors (Lipinski definition) is 1. The number of fused-ring (bicyclic) bond motifs is 1. The van der Waals surface area contributed by atoms with Crippen molar-refractivity contribution in [3.05, 3.63) is 23.8 Å². The van der Waals surface area contributed by atoms with Crippen LogP contribution in [0.25, 0.3) is 0 Å². The lowest BCUT2D eigenvalue weighted by Crippen LogP contribution is -2.32. The Kier molecular flexibility index (Phi) is 4.47. The Morgan fingerprint density at radius 1 is 1.39 bits per heavy atom. The number of anilines is 1. The van der Waals surface area contributed by atoms with E-state index >= 15 is 0 Å². The number of nitrogens with zero attached hydrogens (tertiary/aromatic N) is 1. The van der Waals surface area contributed by atoms with Gasteiger partial charge in [-0.1, -0.05) is 13.3 Å². The predicted molar refractivity (Wildman–Crippen MR) is 89.9 cm³/mol. The van der Waals surface area contributed by atoms with Crippen molar-refractivity contribution in [1.29, 1.82) is 0 Å². The van der Waals surface area contributed by atoms with E-state index in [0.29, 0.717) is 11.4 Å². The van der Waals surface area contributed by atoms with Crippen molar-refractivity contribution in [2.75, 3.05) is 11.4 Å². The van der Waals surface area contributed by atoms with Crippen LogP contribution in [-0.4, -0.2) is 26.9 Å². The van der Waals surface area contributed by atoms with Gasteiger partial charge in [0.15, 0.2) is 0 Å². The van der Waals surface area contributed by atoms with Crippen molar-refractivity contribution in [3.8, 4) is 0 Å². The Hall–Kier alpha value is -1.40. The minimum Gasteiger partial charge on any atom is -0.312 e. The number of nitrogens with one attached hydrogen (secondary N) is 1. The van der Waals surface area contributed by atoms with E-state index in [0.717, 1.165) is 43.4 Å². The largest absolute Gasteiger partial charge is 0.312 e. The SMILES string of the molecule is CCC[C@H](C)NS(=O)(=O)c1ccc2c(c1)CCN2C(=O)C1CC1. The van der Waals surface area contributed by atoms with E-state index in [2.05, 4.69) is 4.72 Å².